The highest BCUT2D eigenvalue weighted by atomic mass is 79.9. The van der Waals surface area contributed by atoms with Crippen molar-refractivity contribution in [3.63, 3.8) is 0 Å². The number of aryl methyl sites for hydroxylation is 1. The first-order valence-corrected chi connectivity index (χ1v) is 10.6. The molecular weight excluding hydrogens is 420 g/mol. The van der Waals surface area contributed by atoms with Gasteiger partial charge in [-0.15, -0.1) is 0 Å². The average molecular weight is 441 g/mol. The van der Waals surface area contributed by atoms with Crippen LogP contribution in [0.3, 0.4) is 0 Å². The molecule has 26 heavy (non-hydrogen) atoms. The quantitative estimate of drug-likeness (QED) is 0.640. The third-order valence-corrected chi connectivity index (χ3v) is 5.19. The molecule has 0 bridgehead atoms. The molecule has 0 aliphatic rings. The monoisotopic (exact) mass is 440 g/mol. The zero-order chi connectivity index (χ0) is 19.2. The summed E-state index contributed by atoms with van der Waals surface area (Å²) in [5, 5.41) is 2.67. The third kappa shape index (κ3) is 6.34. The average Bonchev–Trinajstić information content (AvgIpc) is 2.58. The molecule has 0 aliphatic heterocycles. The molecule has 1 N–H and O–H groups in total. The van der Waals surface area contributed by atoms with Crippen LogP contribution in [0, 0.1) is 6.92 Å². The van der Waals surface area contributed by atoms with Gasteiger partial charge in [-0.25, -0.2) is 8.42 Å². The van der Waals surface area contributed by atoms with Crippen LogP contribution in [0.5, 0.6) is 5.75 Å². The number of nitrogens with zero attached hydrogens (tertiary/aromatic N) is 1. The minimum absolute atomic E-state index is 0.282. The van der Waals surface area contributed by atoms with Crippen molar-refractivity contribution in [1.29, 1.82) is 0 Å². The van der Waals surface area contributed by atoms with E-state index in [1.54, 1.807) is 24.3 Å². The topological polar surface area (TPSA) is 75.7 Å². The summed E-state index contributed by atoms with van der Waals surface area (Å²) in [6.45, 7) is 2.28. The van der Waals surface area contributed by atoms with Crippen molar-refractivity contribution in [1.82, 2.24) is 5.32 Å². The summed E-state index contributed by atoms with van der Waals surface area (Å²) in [4.78, 5) is 12.1. The Kier molecular flexibility index (Phi) is 7.05. The molecule has 140 valence electrons. The number of nitrogens with one attached hydrogen (secondary N) is 1. The summed E-state index contributed by atoms with van der Waals surface area (Å²) < 4.78 is 31.4. The lowest BCUT2D eigenvalue weighted by molar-refractivity contribution is -0.119. The van der Waals surface area contributed by atoms with Gasteiger partial charge in [-0.05, 0) is 43.3 Å². The first-order chi connectivity index (χ1) is 12.3. The van der Waals surface area contributed by atoms with E-state index >= 15 is 0 Å². The fourth-order valence-electron chi connectivity index (χ4n) is 2.19. The molecular formula is C18H21BrN2O4S. The van der Waals surface area contributed by atoms with E-state index < -0.39 is 15.9 Å². The lowest BCUT2D eigenvalue weighted by atomic mass is 10.2. The summed E-state index contributed by atoms with van der Waals surface area (Å²) >= 11 is 3.30. The second kappa shape index (κ2) is 9.05. The molecule has 8 heteroatoms. The maximum Gasteiger partial charge on any atom is 0.240 e. The zero-order valence-electron chi connectivity index (χ0n) is 14.6. The number of carbonyl (C=O) groups is 1. The lowest BCUT2D eigenvalue weighted by Gasteiger charge is -2.22. The molecule has 0 radical (unpaired) electrons. The molecule has 0 heterocycles. The van der Waals surface area contributed by atoms with Crippen molar-refractivity contribution in [2.45, 2.75) is 6.92 Å². The molecule has 0 fully saturated rings. The van der Waals surface area contributed by atoms with Gasteiger partial charge in [-0.3, -0.25) is 9.10 Å². The Morgan fingerprint density at radius 3 is 2.31 bits per heavy atom. The van der Waals surface area contributed by atoms with Crippen LogP contribution in [0.25, 0.3) is 0 Å². The van der Waals surface area contributed by atoms with Crippen molar-refractivity contribution < 1.29 is 17.9 Å². The number of sulfonamides is 1. The van der Waals surface area contributed by atoms with E-state index in [9.17, 15) is 13.2 Å². The van der Waals surface area contributed by atoms with Gasteiger partial charge in [0.2, 0.25) is 15.9 Å². The molecule has 0 saturated carbocycles. The molecule has 0 spiro atoms. The number of ether oxygens (including phenoxy) is 1. The van der Waals surface area contributed by atoms with E-state index in [1.165, 1.54) is 0 Å². The number of carbonyl (C=O) groups excluding carboxylic acids is 1. The Balaban J connectivity index is 1.87. The molecule has 2 aromatic carbocycles. The van der Waals surface area contributed by atoms with E-state index in [0.29, 0.717) is 12.3 Å². The van der Waals surface area contributed by atoms with Crippen LogP contribution in [0.2, 0.25) is 0 Å². The zero-order valence-corrected chi connectivity index (χ0v) is 17.0. The van der Waals surface area contributed by atoms with Gasteiger partial charge in [-0.2, -0.15) is 0 Å². The standard InChI is InChI=1S/C18H21BrN2O4S/c1-14-3-9-17(10-4-14)25-12-11-20-18(22)13-21(26(2,23)24)16-7-5-15(19)6-8-16/h3-10H,11-13H2,1-2H3,(H,20,22). The van der Waals surface area contributed by atoms with Gasteiger partial charge in [0.15, 0.2) is 0 Å². The van der Waals surface area contributed by atoms with Gasteiger partial charge < -0.3 is 10.1 Å². The van der Waals surface area contributed by atoms with Crippen LogP contribution in [-0.4, -0.2) is 40.3 Å². The number of rotatable bonds is 8. The van der Waals surface area contributed by atoms with Gasteiger partial charge >= 0.3 is 0 Å². The van der Waals surface area contributed by atoms with E-state index in [0.717, 1.165) is 26.3 Å². The second-order valence-electron chi connectivity index (χ2n) is 5.76. The lowest BCUT2D eigenvalue weighted by Crippen LogP contribution is -2.41. The molecule has 0 aromatic heterocycles. The van der Waals surface area contributed by atoms with Gasteiger partial charge in [0.1, 0.15) is 18.9 Å². The molecule has 0 aliphatic carbocycles. The van der Waals surface area contributed by atoms with Gasteiger partial charge in [0.05, 0.1) is 18.5 Å². The second-order valence-corrected chi connectivity index (χ2v) is 8.58. The molecule has 0 atom stereocenters. The number of hydrogen-bond acceptors (Lipinski definition) is 4. The van der Waals surface area contributed by atoms with Crippen LogP contribution >= 0.6 is 15.9 Å². The third-order valence-electron chi connectivity index (χ3n) is 3.52. The van der Waals surface area contributed by atoms with E-state index in [-0.39, 0.29) is 13.1 Å². The van der Waals surface area contributed by atoms with Crippen molar-refractivity contribution in [3.8, 4) is 5.75 Å². The SMILES string of the molecule is Cc1ccc(OCCNC(=O)CN(c2ccc(Br)cc2)S(C)(=O)=O)cc1. The normalized spacial score (nSPS) is 11.0. The highest BCUT2D eigenvalue weighted by Gasteiger charge is 2.20. The summed E-state index contributed by atoms with van der Waals surface area (Å²) in [6.07, 6.45) is 1.07. The minimum atomic E-state index is -3.58. The Bertz CT molecular complexity index is 836. The molecule has 1 amide bonds. The maximum absolute atomic E-state index is 12.1. The molecule has 2 rings (SSSR count). The highest BCUT2D eigenvalue weighted by molar-refractivity contribution is 9.10. The first-order valence-electron chi connectivity index (χ1n) is 7.95. The summed E-state index contributed by atoms with van der Waals surface area (Å²) in [6, 6.07) is 14.3. The smallest absolute Gasteiger partial charge is 0.240 e. The number of hydrogen-bond donors (Lipinski definition) is 1. The number of anilines is 1. The fraction of sp³-hybridized carbons (Fsp3) is 0.278. The van der Waals surface area contributed by atoms with Crippen molar-refractivity contribution >= 4 is 37.5 Å². The number of halogens is 1. The molecule has 0 saturated heterocycles. The van der Waals surface area contributed by atoms with Crippen LogP contribution in [0.1, 0.15) is 5.56 Å². The Labute approximate surface area is 162 Å². The number of benzene rings is 2. The van der Waals surface area contributed by atoms with Crippen molar-refractivity contribution in [3.05, 3.63) is 58.6 Å². The van der Waals surface area contributed by atoms with E-state index in [2.05, 4.69) is 21.2 Å². The fourth-order valence-corrected chi connectivity index (χ4v) is 3.31. The van der Waals surface area contributed by atoms with Gasteiger partial charge in [0.25, 0.3) is 0 Å². The maximum atomic E-state index is 12.1. The number of amides is 1. The van der Waals surface area contributed by atoms with Crippen LogP contribution in [0.4, 0.5) is 5.69 Å². The van der Waals surface area contributed by atoms with Crippen LogP contribution in [0.15, 0.2) is 53.0 Å². The molecule has 0 unspecified atom stereocenters. The Hall–Kier alpha value is -2.06. The van der Waals surface area contributed by atoms with E-state index in [4.69, 9.17) is 4.74 Å². The summed E-state index contributed by atoms with van der Waals surface area (Å²) in [5.74, 6) is 0.323. The summed E-state index contributed by atoms with van der Waals surface area (Å²) in [5.41, 5.74) is 1.57. The van der Waals surface area contributed by atoms with Crippen LogP contribution < -0.4 is 14.4 Å². The van der Waals surface area contributed by atoms with Gasteiger partial charge in [-0.1, -0.05) is 33.6 Å². The molecule has 6 nitrogen and oxygen atoms in total. The summed E-state index contributed by atoms with van der Waals surface area (Å²) in [7, 11) is -3.58. The minimum Gasteiger partial charge on any atom is -0.492 e. The van der Waals surface area contributed by atoms with E-state index in [1.807, 2.05) is 31.2 Å². The van der Waals surface area contributed by atoms with Crippen molar-refractivity contribution in [2.75, 3.05) is 30.3 Å². The predicted molar refractivity (Wildman–Crippen MR) is 106 cm³/mol. The van der Waals surface area contributed by atoms with Gasteiger partial charge in [0, 0.05) is 4.47 Å². The molecule has 2 aromatic rings. The van der Waals surface area contributed by atoms with Crippen LogP contribution in [-0.2, 0) is 14.8 Å². The Morgan fingerprint density at radius 2 is 1.73 bits per heavy atom. The van der Waals surface area contributed by atoms with Crippen molar-refractivity contribution in [2.24, 2.45) is 0 Å². The predicted octanol–water partition coefficient (Wildman–Crippen LogP) is 2.72. The highest BCUT2D eigenvalue weighted by Crippen LogP contribution is 2.20. The largest absolute Gasteiger partial charge is 0.492 e. The first kappa shape index (κ1) is 20.3. The Morgan fingerprint density at radius 1 is 1.12 bits per heavy atom.